The van der Waals surface area contributed by atoms with Gasteiger partial charge in [-0.3, -0.25) is 0 Å². The van der Waals surface area contributed by atoms with Crippen LogP contribution in [0.1, 0.15) is 18.4 Å². The molecule has 1 aromatic carbocycles. The fourth-order valence-electron chi connectivity index (χ4n) is 2.03. The van der Waals surface area contributed by atoms with E-state index >= 15 is 0 Å². The number of alkyl halides is 1. The molecule has 2 nitrogen and oxygen atoms in total. The first-order valence-corrected chi connectivity index (χ1v) is 7.12. The second-order valence-corrected chi connectivity index (χ2v) is 5.33. The van der Waals surface area contributed by atoms with Crippen molar-refractivity contribution in [3.05, 3.63) is 29.8 Å². The van der Waals surface area contributed by atoms with Crippen LogP contribution in [0.5, 0.6) is 5.75 Å². The molecule has 0 amide bonds. The monoisotopic (exact) mass is 268 g/mol. The molecule has 1 aliphatic rings. The van der Waals surface area contributed by atoms with Crippen molar-refractivity contribution in [2.75, 3.05) is 26.2 Å². The van der Waals surface area contributed by atoms with Crippen molar-refractivity contribution in [1.82, 2.24) is 0 Å². The lowest BCUT2D eigenvalue weighted by Crippen LogP contribution is -2.15. The van der Waals surface area contributed by atoms with Crippen molar-refractivity contribution in [3.8, 4) is 5.75 Å². The van der Waals surface area contributed by atoms with E-state index in [2.05, 4.69) is 6.07 Å². The molecule has 0 radical (unpaired) electrons. The molecule has 18 heavy (non-hydrogen) atoms. The molecule has 1 aliphatic carbocycles. The molecule has 1 atom stereocenters. The molecular weight excluding hydrogens is 248 g/mol. The summed E-state index contributed by atoms with van der Waals surface area (Å²) >= 11 is 6.02. The van der Waals surface area contributed by atoms with Gasteiger partial charge in [-0.25, -0.2) is 0 Å². The molecule has 0 heterocycles. The van der Waals surface area contributed by atoms with Crippen molar-refractivity contribution in [2.45, 2.75) is 19.3 Å². The fraction of sp³-hybridized carbons (Fsp3) is 0.600. The van der Waals surface area contributed by atoms with Crippen molar-refractivity contribution in [2.24, 2.45) is 11.8 Å². The summed E-state index contributed by atoms with van der Waals surface area (Å²) in [5, 5.41) is 0. The minimum Gasteiger partial charge on any atom is -0.496 e. The van der Waals surface area contributed by atoms with Gasteiger partial charge in [-0.05, 0) is 42.7 Å². The third-order valence-corrected chi connectivity index (χ3v) is 3.76. The van der Waals surface area contributed by atoms with E-state index in [9.17, 15) is 0 Å². The van der Waals surface area contributed by atoms with Crippen LogP contribution in [-0.4, -0.2) is 26.2 Å². The molecule has 3 heteroatoms. The summed E-state index contributed by atoms with van der Waals surface area (Å²) in [7, 11) is 1.71. The summed E-state index contributed by atoms with van der Waals surface area (Å²) in [4.78, 5) is 0. The highest BCUT2D eigenvalue weighted by atomic mass is 35.5. The zero-order valence-corrected chi connectivity index (χ0v) is 11.7. The Morgan fingerprint density at radius 3 is 2.78 bits per heavy atom. The largest absolute Gasteiger partial charge is 0.496 e. The average molecular weight is 269 g/mol. The van der Waals surface area contributed by atoms with Crippen LogP contribution in [0.25, 0.3) is 0 Å². The number of hydrogen-bond acceptors (Lipinski definition) is 2. The van der Waals surface area contributed by atoms with Crippen LogP contribution in [0.3, 0.4) is 0 Å². The van der Waals surface area contributed by atoms with Gasteiger partial charge >= 0.3 is 0 Å². The molecule has 1 unspecified atom stereocenters. The lowest BCUT2D eigenvalue weighted by molar-refractivity contribution is 0.0971. The van der Waals surface area contributed by atoms with E-state index in [1.807, 2.05) is 18.2 Å². The van der Waals surface area contributed by atoms with Crippen molar-refractivity contribution < 1.29 is 9.47 Å². The molecule has 0 aromatic heterocycles. The molecule has 100 valence electrons. The highest BCUT2D eigenvalue weighted by Gasteiger charge is 2.22. The molecule has 0 N–H and O–H groups in total. The summed E-state index contributed by atoms with van der Waals surface area (Å²) in [6.45, 7) is 1.65. The number of ether oxygens (including phenoxy) is 2. The number of methoxy groups -OCH3 is 1. The molecular formula is C15H21ClO2. The van der Waals surface area contributed by atoms with Crippen molar-refractivity contribution in [1.29, 1.82) is 0 Å². The maximum Gasteiger partial charge on any atom is 0.122 e. The van der Waals surface area contributed by atoms with E-state index in [0.29, 0.717) is 11.8 Å². The summed E-state index contributed by atoms with van der Waals surface area (Å²) in [6, 6.07) is 8.11. The zero-order valence-electron chi connectivity index (χ0n) is 10.9. The van der Waals surface area contributed by atoms with E-state index in [-0.39, 0.29) is 0 Å². The minimum absolute atomic E-state index is 0.363. The molecule has 0 spiro atoms. The molecule has 1 saturated carbocycles. The van der Waals surface area contributed by atoms with Gasteiger partial charge in [-0.2, -0.15) is 0 Å². The van der Waals surface area contributed by atoms with Gasteiger partial charge in [0.25, 0.3) is 0 Å². The molecule has 1 fully saturated rings. The molecule has 0 aliphatic heterocycles. The summed E-state index contributed by atoms with van der Waals surface area (Å²) in [5.41, 5.74) is 1.21. The maximum atomic E-state index is 6.02. The molecule has 1 aromatic rings. The third-order valence-electron chi connectivity index (χ3n) is 3.32. The normalized spacial score (nSPS) is 16.6. The average Bonchev–Trinajstić information content (AvgIpc) is 3.22. The first-order valence-electron chi connectivity index (χ1n) is 6.59. The Morgan fingerprint density at radius 1 is 1.33 bits per heavy atom. The van der Waals surface area contributed by atoms with Crippen LogP contribution in [0, 0.1) is 11.8 Å². The van der Waals surface area contributed by atoms with E-state index in [1.165, 1.54) is 18.4 Å². The zero-order chi connectivity index (χ0) is 12.8. The highest BCUT2D eigenvalue weighted by Crippen LogP contribution is 2.29. The first-order chi connectivity index (χ1) is 8.83. The maximum absolute atomic E-state index is 6.02. The van der Waals surface area contributed by atoms with Gasteiger partial charge < -0.3 is 9.47 Å². The van der Waals surface area contributed by atoms with Gasteiger partial charge in [0.15, 0.2) is 0 Å². The van der Waals surface area contributed by atoms with Gasteiger partial charge in [0, 0.05) is 12.5 Å². The number of benzene rings is 1. The summed E-state index contributed by atoms with van der Waals surface area (Å²) in [6.07, 6.45) is 3.58. The highest BCUT2D eigenvalue weighted by molar-refractivity contribution is 6.18. The van der Waals surface area contributed by atoms with Gasteiger partial charge in [0.2, 0.25) is 0 Å². The Bertz CT molecular complexity index is 363. The standard InChI is InChI=1S/C15H21ClO2/c1-17-15-5-3-2-4-14(15)8-13(9-16)11-18-10-12-6-7-12/h2-5,12-13H,6-11H2,1H3. The summed E-state index contributed by atoms with van der Waals surface area (Å²) in [5.74, 6) is 2.74. The van der Waals surface area contributed by atoms with Crippen LogP contribution >= 0.6 is 11.6 Å². The quantitative estimate of drug-likeness (QED) is 0.672. The predicted octanol–water partition coefficient (Wildman–Crippen LogP) is 3.52. The van der Waals surface area contributed by atoms with Crippen LogP contribution in [0.2, 0.25) is 0 Å². The number of para-hydroxylation sites is 1. The third kappa shape index (κ3) is 4.18. The number of halogens is 1. The van der Waals surface area contributed by atoms with E-state index in [1.54, 1.807) is 7.11 Å². The van der Waals surface area contributed by atoms with Crippen molar-refractivity contribution >= 4 is 11.6 Å². The van der Waals surface area contributed by atoms with Gasteiger partial charge in [-0.1, -0.05) is 18.2 Å². The fourth-order valence-corrected chi connectivity index (χ4v) is 2.22. The van der Waals surface area contributed by atoms with E-state index < -0.39 is 0 Å². The second kappa shape index (κ2) is 7.01. The Kier molecular flexibility index (Phi) is 5.33. The second-order valence-electron chi connectivity index (χ2n) is 5.02. The first kappa shape index (κ1) is 13.7. The van der Waals surface area contributed by atoms with Crippen LogP contribution in [0.15, 0.2) is 24.3 Å². The Balaban J connectivity index is 1.83. The predicted molar refractivity (Wildman–Crippen MR) is 74.5 cm³/mol. The number of rotatable bonds is 8. The molecule has 0 saturated heterocycles. The Labute approximate surface area is 114 Å². The number of hydrogen-bond donors (Lipinski definition) is 0. The van der Waals surface area contributed by atoms with Crippen LogP contribution in [-0.2, 0) is 11.2 Å². The van der Waals surface area contributed by atoms with Gasteiger partial charge in [0.05, 0.1) is 13.7 Å². The lowest BCUT2D eigenvalue weighted by Gasteiger charge is -2.16. The Morgan fingerprint density at radius 2 is 2.11 bits per heavy atom. The van der Waals surface area contributed by atoms with E-state index in [0.717, 1.165) is 31.3 Å². The molecule has 2 rings (SSSR count). The van der Waals surface area contributed by atoms with E-state index in [4.69, 9.17) is 21.1 Å². The van der Waals surface area contributed by atoms with Crippen LogP contribution < -0.4 is 4.74 Å². The Hall–Kier alpha value is -0.730. The molecule has 0 bridgehead atoms. The van der Waals surface area contributed by atoms with Gasteiger partial charge in [-0.15, -0.1) is 11.6 Å². The topological polar surface area (TPSA) is 18.5 Å². The lowest BCUT2D eigenvalue weighted by atomic mass is 10.0. The summed E-state index contributed by atoms with van der Waals surface area (Å²) < 4.78 is 11.1. The smallest absolute Gasteiger partial charge is 0.122 e. The van der Waals surface area contributed by atoms with Crippen LogP contribution in [0.4, 0.5) is 0 Å². The van der Waals surface area contributed by atoms with Gasteiger partial charge in [0.1, 0.15) is 5.75 Å². The minimum atomic E-state index is 0.363. The van der Waals surface area contributed by atoms with Crippen molar-refractivity contribution in [3.63, 3.8) is 0 Å². The SMILES string of the molecule is COc1ccccc1CC(CCl)COCC1CC1.